The Morgan fingerprint density at radius 2 is 1.94 bits per heavy atom. The van der Waals surface area contributed by atoms with Crippen molar-refractivity contribution in [1.82, 2.24) is 0 Å². The van der Waals surface area contributed by atoms with Gasteiger partial charge in [-0.3, -0.25) is 0 Å². The molecule has 2 heteroatoms. The number of hydrogen-bond donors (Lipinski definition) is 0. The molecule has 0 fully saturated rings. The maximum Gasteiger partial charge on any atom is 0.121 e. The second-order valence-electron chi connectivity index (χ2n) is 3.55. The lowest BCUT2D eigenvalue weighted by molar-refractivity contribution is 0.305. The van der Waals surface area contributed by atoms with Gasteiger partial charge < -0.3 is 4.74 Å². The lowest BCUT2D eigenvalue weighted by Gasteiger charge is -2.08. The standard InChI is InChI=1S/C15H11BrO/c1-2-12-6-5-8-14(10-12)17-11-13-7-3-4-9-15(13)16/h1,3-10H,11H2. The number of benzene rings is 2. The molecule has 0 aliphatic rings. The number of halogens is 1. The number of terminal acetylenes is 1. The van der Waals surface area contributed by atoms with Crippen LogP contribution in [0, 0.1) is 12.3 Å². The predicted molar refractivity (Wildman–Crippen MR) is 72.9 cm³/mol. The normalized spacial score (nSPS) is 9.65. The minimum Gasteiger partial charge on any atom is -0.489 e. The summed E-state index contributed by atoms with van der Waals surface area (Å²) >= 11 is 3.49. The molecule has 0 bridgehead atoms. The molecule has 0 amide bonds. The van der Waals surface area contributed by atoms with E-state index in [1.54, 1.807) is 0 Å². The van der Waals surface area contributed by atoms with Crippen LogP contribution in [0.15, 0.2) is 53.0 Å². The van der Waals surface area contributed by atoms with Gasteiger partial charge in [-0.25, -0.2) is 0 Å². The molecule has 0 aliphatic heterocycles. The number of ether oxygens (including phenoxy) is 1. The summed E-state index contributed by atoms with van der Waals surface area (Å²) in [5, 5.41) is 0. The Kier molecular flexibility index (Phi) is 3.85. The van der Waals surface area contributed by atoms with Gasteiger partial charge in [0.1, 0.15) is 12.4 Å². The Balaban J connectivity index is 2.08. The number of rotatable bonds is 3. The minimum atomic E-state index is 0.523. The smallest absolute Gasteiger partial charge is 0.121 e. The Hall–Kier alpha value is -1.72. The lowest BCUT2D eigenvalue weighted by Crippen LogP contribution is -1.96. The molecule has 2 aromatic carbocycles. The fraction of sp³-hybridized carbons (Fsp3) is 0.0667. The molecule has 0 spiro atoms. The van der Waals surface area contributed by atoms with Crippen LogP contribution in [0.1, 0.15) is 11.1 Å². The van der Waals surface area contributed by atoms with Crippen molar-refractivity contribution in [2.75, 3.05) is 0 Å². The van der Waals surface area contributed by atoms with Gasteiger partial charge in [-0.1, -0.05) is 46.1 Å². The Morgan fingerprint density at radius 3 is 2.71 bits per heavy atom. The van der Waals surface area contributed by atoms with Gasteiger partial charge in [0.15, 0.2) is 0 Å². The second-order valence-corrected chi connectivity index (χ2v) is 4.41. The summed E-state index contributed by atoms with van der Waals surface area (Å²) in [6, 6.07) is 15.5. The molecule has 0 atom stereocenters. The zero-order valence-electron chi connectivity index (χ0n) is 9.19. The van der Waals surface area contributed by atoms with E-state index in [4.69, 9.17) is 11.2 Å². The summed E-state index contributed by atoms with van der Waals surface area (Å²) in [6.07, 6.45) is 5.34. The highest BCUT2D eigenvalue weighted by Gasteiger charge is 2.00. The molecule has 0 saturated carbocycles. The third-order valence-corrected chi connectivity index (χ3v) is 3.13. The average molecular weight is 287 g/mol. The van der Waals surface area contributed by atoms with Crippen LogP contribution in [0.25, 0.3) is 0 Å². The van der Waals surface area contributed by atoms with Gasteiger partial charge in [0.2, 0.25) is 0 Å². The van der Waals surface area contributed by atoms with Crippen LogP contribution in [-0.4, -0.2) is 0 Å². The highest BCUT2D eigenvalue weighted by Crippen LogP contribution is 2.19. The van der Waals surface area contributed by atoms with E-state index in [-0.39, 0.29) is 0 Å². The quantitative estimate of drug-likeness (QED) is 0.775. The van der Waals surface area contributed by atoms with Crippen molar-refractivity contribution in [2.45, 2.75) is 6.61 Å². The molecule has 2 rings (SSSR count). The van der Waals surface area contributed by atoms with E-state index in [9.17, 15) is 0 Å². The van der Waals surface area contributed by atoms with Crippen LogP contribution in [0.4, 0.5) is 0 Å². The van der Waals surface area contributed by atoms with Crippen molar-refractivity contribution >= 4 is 15.9 Å². The molecule has 84 valence electrons. The number of hydrogen-bond acceptors (Lipinski definition) is 1. The average Bonchev–Trinajstić information content (AvgIpc) is 2.38. The van der Waals surface area contributed by atoms with Crippen LogP contribution in [-0.2, 0) is 6.61 Å². The van der Waals surface area contributed by atoms with E-state index >= 15 is 0 Å². The Bertz CT molecular complexity index is 555. The zero-order valence-corrected chi connectivity index (χ0v) is 10.8. The molecule has 17 heavy (non-hydrogen) atoms. The van der Waals surface area contributed by atoms with E-state index in [2.05, 4.69) is 21.9 Å². The van der Waals surface area contributed by atoms with Crippen molar-refractivity contribution < 1.29 is 4.74 Å². The maximum atomic E-state index is 5.69. The topological polar surface area (TPSA) is 9.23 Å². The van der Waals surface area contributed by atoms with Crippen LogP contribution < -0.4 is 4.74 Å². The van der Waals surface area contributed by atoms with Crippen molar-refractivity contribution in [3.63, 3.8) is 0 Å². The van der Waals surface area contributed by atoms with Gasteiger partial charge in [0.05, 0.1) is 0 Å². The van der Waals surface area contributed by atoms with E-state index in [0.717, 1.165) is 21.3 Å². The second kappa shape index (κ2) is 5.56. The van der Waals surface area contributed by atoms with Gasteiger partial charge in [-0.15, -0.1) is 6.42 Å². The molecule has 2 aromatic rings. The van der Waals surface area contributed by atoms with Crippen LogP contribution in [0.2, 0.25) is 0 Å². The third kappa shape index (κ3) is 3.12. The highest BCUT2D eigenvalue weighted by atomic mass is 79.9. The van der Waals surface area contributed by atoms with Crippen molar-refractivity contribution in [1.29, 1.82) is 0 Å². The van der Waals surface area contributed by atoms with E-state index in [1.165, 1.54) is 0 Å². The van der Waals surface area contributed by atoms with Gasteiger partial charge in [0, 0.05) is 15.6 Å². The predicted octanol–water partition coefficient (Wildman–Crippen LogP) is 4.01. The molecule has 0 aliphatic carbocycles. The van der Waals surface area contributed by atoms with Crippen molar-refractivity contribution in [2.24, 2.45) is 0 Å². The van der Waals surface area contributed by atoms with E-state index < -0.39 is 0 Å². The van der Waals surface area contributed by atoms with E-state index in [1.807, 2.05) is 48.5 Å². The van der Waals surface area contributed by atoms with Crippen molar-refractivity contribution in [3.05, 3.63) is 64.1 Å². The third-order valence-electron chi connectivity index (χ3n) is 2.35. The largest absolute Gasteiger partial charge is 0.489 e. The summed E-state index contributed by atoms with van der Waals surface area (Å²) in [6.45, 7) is 0.523. The first-order valence-electron chi connectivity index (χ1n) is 5.22. The van der Waals surface area contributed by atoms with Crippen molar-refractivity contribution in [3.8, 4) is 18.1 Å². The van der Waals surface area contributed by atoms with Gasteiger partial charge in [-0.05, 0) is 24.3 Å². The molecule has 0 heterocycles. The summed E-state index contributed by atoms with van der Waals surface area (Å²) in [5.41, 5.74) is 1.94. The Morgan fingerprint density at radius 1 is 1.12 bits per heavy atom. The van der Waals surface area contributed by atoms with E-state index in [0.29, 0.717) is 6.61 Å². The van der Waals surface area contributed by atoms with Gasteiger partial charge in [-0.2, -0.15) is 0 Å². The summed E-state index contributed by atoms with van der Waals surface area (Å²) in [7, 11) is 0. The molecule has 0 radical (unpaired) electrons. The van der Waals surface area contributed by atoms with Crippen LogP contribution in [0.3, 0.4) is 0 Å². The van der Waals surface area contributed by atoms with Crippen LogP contribution >= 0.6 is 15.9 Å². The first kappa shape index (κ1) is 11.8. The molecule has 1 nitrogen and oxygen atoms in total. The first-order valence-corrected chi connectivity index (χ1v) is 6.02. The molecule has 0 aromatic heterocycles. The summed E-state index contributed by atoms with van der Waals surface area (Å²) < 4.78 is 6.74. The van der Waals surface area contributed by atoms with Crippen LogP contribution in [0.5, 0.6) is 5.75 Å². The molecule has 0 saturated heterocycles. The maximum absolute atomic E-state index is 5.69. The highest BCUT2D eigenvalue weighted by molar-refractivity contribution is 9.10. The Labute approximate surface area is 110 Å². The molecular formula is C15H11BrO. The molecule has 0 N–H and O–H groups in total. The summed E-state index contributed by atoms with van der Waals surface area (Å²) in [4.78, 5) is 0. The summed E-state index contributed by atoms with van der Waals surface area (Å²) in [5.74, 6) is 3.38. The lowest BCUT2D eigenvalue weighted by atomic mass is 10.2. The molecule has 0 unspecified atom stereocenters. The first-order chi connectivity index (χ1) is 8.29. The monoisotopic (exact) mass is 286 g/mol. The van der Waals surface area contributed by atoms with Gasteiger partial charge >= 0.3 is 0 Å². The SMILES string of the molecule is C#Cc1cccc(OCc2ccccc2Br)c1. The van der Waals surface area contributed by atoms with Gasteiger partial charge in [0.25, 0.3) is 0 Å². The fourth-order valence-corrected chi connectivity index (χ4v) is 1.85. The molecular weight excluding hydrogens is 276 g/mol. The minimum absolute atomic E-state index is 0.523. The zero-order chi connectivity index (χ0) is 12.1. The fourth-order valence-electron chi connectivity index (χ4n) is 1.45.